The molecule has 1 aliphatic carbocycles. The Morgan fingerprint density at radius 1 is 1.24 bits per heavy atom. The van der Waals surface area contributed by atoms with Crippen LogP contribution in [0.15, 0.2) is 0 Å². The molecule has 2 aliphatic rings. The minimum atomic E-state index is -3.02. The van der Waals surface area contributed by atoms with Crippen LogP contribution in [-0.4, -0.2) is 55.5 Å². The Morgan fingerprint density at radius 2 is 1.90 bits per heavy atom. The van der Waals surface area contributed by atoms with Gasteiger partial charge in [0.05, 0.1) is 10.5 Å². The van der Waals surface area contributed by atoms with Gasteiger partial charge >= 0.3 is 0 Å². The molecule has 1 saturated heterocycles. The van der Waals surface area contributed by atoms with Crippen LogP contribution in [-0.2, 0) is 9.84 Å². The third-order valence-corrected chi connectivity index (χ3v) is 7.51. The predicted molar refractivity (Wildman–Crippen MR) is 88.3 cm³/mol. The molecular weight excluding hydrogens is 284 g/mol. The van der Waals surface area contributed by atoms with Gasteiger partial charge in [0, 0.05) is 31.7 Å². The van der Waals surface area contributed by atoms with Gasteiger partial charge in [0.25, 0.3) is 0 Å². The molecule has 124 valence electrons. The average Bonchev–Trinajstić information content (AvgIpc) is 3.20. The van der Waals surface area contributed by atoms with Crippen LogP contribution >= 0.6 is 0 Å². The molecule has 0 aromatic carbocycles. The second kappa shape index (κ2) is 6.55. The quantitative estimate of drug-likeness (QED) is 0.815. The largest absolute Gasteiger partial charge is 0.311 e. The Balaban J connectivity index is 1.96. The molecule has 0 radical (unpaired) electrons. The second-order valence-corrected chi connectivity index (χ2v) is 10.6. The van der Waals surface area contributed by atoms with Crippen LogP contribution in [0.1, 0.15) is 53.4 Å². The van der Waals surface area contributed by atoms with Crippen LogP contribution < -0.4 is 5.32 Å². The molecule has 2 atom stereocenters. The number of rotatable bonds is 6. The van der Waals surface area contributed by atoms with E-state index in [0.29, 0.717) is 24.4 Å². The Morgan fingerprint density at radius 3 is 2.43 bits per heavy atom. The first-order valence-corrected chi connectivity index (χ1v) is 10.1. The molecular formula is C16H32N2O2S. The minimum Gasteiger partial charge on any atom is -0.311 e. The van der Waals surface area contributed by atoms with Gasteiger partial charge < -0.3 is 5.32 Å². The third-order valence-electron chi connectivity index (χ3n) is 4.92. The van der Waals surface area contributed by atoms with Crippen molar-refractivity contribution in [1.82, 2.24) is 10.2 Å². The van der Waals surface area contributed by atoms with Gasteiger partial charge in [0.1, 0.15) is 0 Å². The Hall–Kier alpha value is -0.130. The zero-order chi connectivity index (χ0) is 15.7. The maximum atomic E-state index is 12.4. The summed E-state index contributed by atoms with van der Waals surface area (Å²) in [6.45, 7) is 10.4. The summed E-state index contributed by atoms with van der Waals surface area (Å²) in [6.07, 6.45) is 4.99. The van der Waals surface area contributed by atoms with E-state index in [9.17, 15) is 8.42 Å². The topological polar surface area (TPSA) is 49.4 Å². The van der Waals surface area contributed by atoms with E-state index in [0.717, 1.165) is 19.0 Å². The number of nitrogens with zero attached hydrogens (tertiary/aromatic N) is 1. The van der Waals surface area contributed by atoms with Crippen molar-refractivity contribution in [3.63, 3.8) is 0 Å². The molecule has 0 aromatic rings. The normalized spacial score (nSPS) is 28.8. The van der Waals surface area contributed by atoms with Gasteiger partial charge in [-0.05, 0) is 46.0 Å². The van der Waals surface area contributed by atoms with E-state index in [-0.39, 0.29) is 0 Å². The van der Waals surface area contributed by atoms with Crippen molar-refractivity contribution in [1.29, 1.82) is 0 Å². The van der Waals surface area contributed by atoms with Crippen molar-refractivity contribution in [3.05, 3.63) is 0 Å². The number of piperazine rings is 1. The van der Waals surface area contributed by atoms with Crippen molar-refractivity contribution >= 4 is 9.84 Å². The maximum absolute atomic E-state index is 12.4. The average molecular weight is 317 g/mol. The van der Waals surface area contributed by atoms with Gasteiger partial charge in [0.15, 0.2) is 9.84 Å². The van der Waals surface area contributed by atoms with Crippen LogP contribution in [0, 0.1) is 5.92 Å². The third kappa shape index (κ3) is 4.42. The van der Waals surface area contributed by atoms with Gasteiger partial charge in [-0.2, -0.15) is 0 Å². The predicted octanol–water partition coefficient (Wildman–Crippen LogP) is 2.05. The van der Waals surface area contributed by atoms with E-state index < -0.39 is 14.6 Å². The Bertz CT molecular complexity index is 438. The first-order valence-electron chi connectivity index (χ1n) is 8.44. The van der Waals surface area contributed by atoms with E-state index in [4.69, 9.17) is 0 Å². The molecule has 2 unspecified atom stereocenters. The highest BCUT2D eigenvalue weighted by molar-refractivity contribution is 7.92. The molecule has 5 heteroatoms. The van der Waals surface area contributed by atoms with Crippen molar-refractivity contribution in [2.45, 2.75) is 70.2 Å². The maximum Gasteiger partial charge on any atom is 0.156 e. The van der Waals surface area contributed by atoms with Crippen molar-refractivity contribution in [3.8, 4) is 0 Å². The number of hydrogen-bond acceptors (Lipinski definition) is 4. The lowest BCUT2D eigenvalue weighted by Crippen LogP contribution is -2.58. The van der Waals surface area contributed by atoms with Gasteiger partial charge in [-0.1, -0.05) is 13.3 Å². The SMILES string of the molecule is CCCC1CN(CCS(=O)(=O)C(C)(C)C)C(C2CC2)CN1. The number of hydrogen-bond donors (Lipinski definition) is 1. The monoisotopic (exact) mass is 316 g/mol. The lowest BCUT2D eigenvalue weighted by atomic mass is 10.0. The zero-order valence-corrected chi connectivity index (χ0v) is 14.9. The minimum absolute atomic E-state index is 0.290. The molecule has 21 heavy (non-hydrogen) atoms. The summed E-state index contributed by atoms with van der Waals surface area (Å²) < 4.78 is 24.1. The second-order valence-electron chi connectivity index (χ2n) is 7.72. The van der Waals surface area contributed by atoms with Crippen LogP contribution in [0.5, 0.6) is 0 Å². The van der Waals surface area contributed by atoms with E-state index in [1.54, 1.807) is 20.8 Å². The molecule has 0 aromatic heterocycles. The highest BCUT2D eigenvalue weighted by Gasteiger charge is 2.39. The summed E-state index contributed by atoms with van der Waals surface area (Å²) in [5.74, 6) is 1.08. The number of sulfone groups is 1. The van der Waals surface area contributed by atoms with Crippen LogP contribution in [0.4, 0.5) is 0 Å². The molecule has 2 fully saturated rings. The van der Waals surface area contributed by atoms with Crippen LogP contribution in [0.25, 0.3) is 0 Å². The first-order chi connectivity index (χ1) is 9.74. The molecule has 1 aliphatic heterocycles. The summed E-state index contributed by atoms with van der Waals surface area (Å²) >= 11 is 0. The first kappa shape index (κ1) is 17.2. The van der Waals surface area contributed by atoms with E-state index in [2.05, 4.69) is 17.1 Å². The molecule has 0 spiro atoms. The molecule has 2 rings (SSSR count). The number of nitrogens with one attached hydrogen (secondary N) is 1. The van der Waals surface area contributed by atoms with Crippen LogP contribution in [0.2, 0.25) is 0 Å². The highest BCUT2D eigenvalue weighted by Crippen LogP contribution is 2.36. The lowest BCUT2D eigenvalue weighted by Gasteiger charge is -2.41. The molecule has 1 saturated carbocycles. The van der Waals surface area contributed by atoms with Crippen LogP contribution in [0.3, 0.4) is 0 Å². The fourth-order valence-corrected chi connectivity index (χ4v) is 4.28. The van der Waals surface area contributed by atoms with Crippen molar-refractivity contribution < 1.29 is 8.42 Å². The van der Waals surface area contributed by atoms with Gasteiger partial charge in [-0.25, -0.2) is 8.42 Å². The fraction of sp³-hybridized carbons (Fsp3) is 1.00. The van der Waals surface area contributed by atoms with Gasteiger partial charge in [-0.3, -0.25) is 4.90 Å². The van der Waals surface area contributed by atoms with Gasteiger partial charge in [0.2, 0.25) is 0 Å². The lowest BCUT2D eigenvalue weighted by molar-refractivity contribution is 0.118. The summed E-state index contributed by atoms with van der Waals surface area (Å²) in [5, 5.41) is 3.66. The summed E-state index contributed by atoms with van der Waals surface area (Å²) in [4.78, 5) is 2.46. The standard InChI is InChI=1S/C16H32N2O2S/c1-5-6-14-12-18(15(11-17-14)13-7-8-13)9-10-21(19,20)16(2,3)4/h13-15,17H,5-12H2,1-4H3. The summed E-state index contributed by atoms with van der Waals surface area (Å²) in [5.41, 5.74) is 0. The van der Waals surface area contributed by atoms with Gasteiger partial charge in [-0.15, -0.1) is 0 Å². The van der Waals surface area contributed by atoms with E-state index >= 15 is 0 Å². The smallest absolute Gasteiger partial charge is 0.156 e. The summed E-state index contributed by atoms with van der Waals surface area (Å²) in [6, 6.07) is 1.08. The molecule has 4 nitrogen and oxygen atoms in total. The Kier molecular flexibility index (Phi) is 5.37. The summed E-state index contributed by atoms with van der Waals surface area (Å²) in [7, 11) is -3.02. The molecule has 0 bridgehead atoms. The molecule has 0 amide bonds. The van der Waals surface area contributed by atoms with Crippen molar-refractivity contribution in [2.24, 2.45) is 5.92 Å². The van der Waals surface area contributed by atoms with E-state index in [1.807, 2.05) is 0 Å². The zero-order valence-electron chi connectivity index (χ0n) is 14.1. The fourth-order valence-electron chi connectivity index (χ4n) is 3.19. The van der Waals surface area contributed by atoms with E-state index in [1.165, 1.54) is 25.7 Å². The van der Waals surface area contributed by atoms with Crippen molar-refractivity contribution in [2.75, 3.05) is 25.4 Å². The highest BCUT2D eigenvalue weighted by atomic mass is 32.2. The molecule has 1 heterocycles. The molecule has 1 N–H and O–H groups in total. The Labute approximate surface area is 130 Å².